The zero-order valence-electron chi connectivity index (χ0n) is 14.0. The Morgan fingerprint density at radius 1 is 1.16 bits per heavy atom. The standard InChI is InChI=1S/C20H20ClN3O/c1-24-12-11-22-19(24)14-23-20(25)13-17(15-7-3-2-4-8-15)16-9-5-6-10-18(16)21/h2-12,17H,13-14H2,1H3,(H,23,25). The van der Waals surface area contributed by atoms with Gasteiger partial charge in [0.25, 0.3) is 0 Å². The molecule has 1 aromatic heterocycles. The maximum atomic E-state index is 12.5. The normalized spacial score (nSPS) is 11.9. The summed E-state index contributed by atoms with van der Waals surface area (Å²) in [6.45, 7) is 0.409. The van der Waals surface area contributed by atoms with Crippen molar-refractivity contribution in [3.05, 3.63) is 89.0 Å². The van der Waals surface area contributed by atoms with Gasteiger partial charge in [-0.1, -0.05) is 60.1 Å². The number of nitrogens with one attached hydrogen (secondary N) is 1. The van der Waals surface area contributed by atoms with Crippen LogP contribution in [0.3, 0.4) is 0 Å². The SMILES string of the molecule is Cn1ccnc1CNC(=O)CC(c1ccccc1)c1ccccc1Cl. The molecule has 0 bridgehead atoms. The van der Waals surface area contributed by atoms with Crippen molar-refractivity contribution in [3.63, 3.8) is 0 Å². The lowest BCUT2D eigenvalue weighted by molar-refractivity contribution is -0.121. The highest BCUT2D eigenvalue weighted by molar-refractivity contribution is 6.31. The monoisotopic (exact) mass is 353 g/mol. The molecule has 2 aromatic carbocycles. The van der Waals surface area contributed by atoms with Crippen LogP contribution in [-0.4, -0.2) is 15.5 Å². The molecule has 0 saturated carbocycles. The third kappa shape index (κ3) is 4.28. The first-order valence-corrected chi connectivity index (χ1v) is 8.55. The van der Waals surface area contributed by atoms with Gasteiger partial charge < -0.3 is 9.88 Å². The maximum Gasteiger partial charge on any atom is 0.221 e. The number of imidazole rings is 1. The molecule has 0 saturated heterocycles. The van der Waals surface area contributed by atoms with Gasteiger partial charge in [0.2, 0.25) is 5.91 Å². The van der Waals surface area contributed by atoms with Gasteiger partial charge in [-0.25, -0.2) is 4.98 Å². The Kier molecular flexibility index (Phi) is 5.51. The van der Waals surface area contributed by atoms with Gasteiger partial charge in [-0.05, 0) is 17.2 Å². The first kappa shape index (κ1) is 17.2. The second-order valence-corrected chi connectivity index (χ2v) is 6.33. The first-order valence-electron chi connectivity index (χ1n) is 8.17. The quantitative estimate of drug-likeness (QED) is 0.730. The lowest BCUT2D eigenvalue weighted by Crippen LogP contribution is -2.26. The van der Waals surface area contributed by atoms with E-state index in [1.165, 1.54) is 0 Å². The van der Waals surface area contributed by atoms with E-state index in [4.69, 9.17) is 11.6 Å². The molecule has 1 atom stereocenters. The van der Waals surface area contributed by atoms with Gasteiger partial charge in [0.15, 0.2) is 0 Å². The number of rotatable bonds is 6. The summed E-state index contributed by atoms with van der Waals surface area (Å²) in [7, 11) is 1.91. The average molecular weight is 354 g/mol. The van der Waals surface area contributed by atoms with E-state index in [0.717, 1.165) is 17.0 Å². The molecule has 1 amide bonds. The average Bonchev–Trinajstić information content (AvgIpc) is 3.04. The van der Waals surface area contributed by atoms with Crippen molar-refractivity contribution >= 4 is 17.5 Å². The van der Waals surface area contributed by atoms with Crippen LogP contribution in [0.15, 0.2) is 67.0 Å². The summed E-state index contributed by atoms with van der Waals surface area (Å²) in [4.78, 5) is 16.8. The Balaban J connectivity index is 1.77. The third-order valence-corrected chi connectivity index (χ3v) is 4.58. The van der Waals surface area contributed by atoms with Crippen LogP contribution in [0.2, 0.25) is 5.02 Å². The van der Waals surface area contributed by atoms with Crippen molar-refractivity contribution in [1.82, 2.24) is 14.9 Å². The highest BCUT2D eigenvalue weighted by Crippen LogP contribution is 2.32. The van der Waals surface area contributed by atoms with Crippen molar-refractivity contribution in [2.24, 2.45) is 7.05 Å². The molecule has 3 rings (SSSR count). The van der Waals surface area contributed by atoms with Crippen LogP contribution >= 0.6 is 11.6 Å². The van der Waals surface area contributed by atoms with E-state index in [0.29, 0.717) is 18.0 Å². The highest BCUT2D eigenvalue weighted by atomic mass is 35.5. The van der Waals surface area contributed by atoms with Gasteiger partial charge in [-0.3, -0.25) is 4.79 Å². The number of carbonyl (C=O) groups excluding carboxylic acids is 1. The van der Waals surface area contributed by atoms with Gasteiger partial charge in [0, 0.05) is 36.8 Å². The van der Waals surface area contributed by atoms with Crippen molar-refractivity contribution in [1.29, 1.82) is 0 Å². The van der Waals surface area contributed by atoms with Crippen molar-refractivity contribution in [2.45, 2.75) is 18.9 Å². The molecule has 0 spiro atoms. The van der Waals surface area contributed by atoms with E-state index in [2.05, 4.69) is 10.3 Å². The number of halogens is 1. The molecule has 1 unspecified atom stereocenters. The Morgan fingerprint density at radius 2 is 1.88 bits per heavy atom. The molecule has 4 nitrogen and oxygen atoms in total. The van der Waals surface area contributed by atoms with E-state index < -0.39 is 0 Å². The summed E-state index contributed by atoms with van der Waals surface area (Å²) in [5, 5.41) is 3.62. The number of hydrogen-bond acceptors (Lipinski definition) is 2. The van der Waals surface area contributed by atoms with Crippen LogP contribution in [0.25, 0.3) is 0 Å². The Hall–Kier alpha value is -2.59. The minimum absolute atomic E-state index is 0.0308. The lowest BCUT2D eigenvalue weighted by atomic mass is 9.88. The van der Waals surface area contributed by atoms with Crippen molar-refractivity contribution in [3.8, 4) is 0 Å². The smallest absolute Gasteiger partial charge is 0.221 e. The number of amides is 1. The molecule has 1 heterocycles. The number of aryl methyl sites for hydroxylation is 1. The molecule has 5 heteroatoms. The largest absolute Gasteiger partial charge is 0.349 e. The van der Waals surface area contributed by atoms with Crippen LogP contribution in [0.5, 0.6) is 0 Å². The summed E-state index contributed by atoms with van der Waals surface area (Å²) in [5.74, 6) is 0.704. The third-order valence-electron chi connectivity index (χ3n) is 4.24. The summed E-state index contributed by atoms with van der Waals surface area (Å²) in [6.07, 6.45) is 3.91. The number of hydrogen-bond donors (Lipinski definition) is 1. The predicted octanol–water partition coefficient (Wildman–Crippen LogP) is 3.91. The van der Waals surface area contributed by atoms with Crippen LogP contribution in [0.4, 0.5) is 0 Å². The van der Waals surface area contributed by atoms with E-state index in [9.17, 15) is 4.79 Å². The van der Waals surface area contributed by atoms with Gasteiger partial charge >= 0.3 is 0 Å². The molecule has 0 fully saturated rings. The van der Waals surface area contributed by atoms with Gasteiger partial charge in [-0.15, -0.1) is 0 Å². The van der Waals surface area contributed by atoms with Crippen molar-refractivity contribution in [2.75, 3.05) is 0 Å². The second-order valence-electron chi connectivity index (χ2n) is 5.92. The summed E-state index contributed by atoms with van der Waals surface area (Å²) in [6, 6.07) is 17.7. The van der Waals surface area contributed by atoms with Crippen molar-refractivity contribution < 1.29 is 4.79 Å². The molecule has 0 radical (unpaired) electrons. The van der Waals surface area contributed by atoms with E-state index >= 15 is 0 Å². The summed E-state index contributed by atoms with van der Waals surface area (Å²) < 4.78 is 1.89. The van der Waals surface area contributed by atoms with Gasteiger partial charge in [-0.2, -0.15) is 0 Å². The van der Waals surface area contributed by atoms with Crippen LogP contribution < -0.4 is 5.32 Å². The predicted molar refractivity (Wildman–Crippen MR) is 99.4 cm³/mol. The molecule has 3 aromatic rings. The molecule has 128 valence electrons. The van der Waals surface area contributed by atoms with Crippen LogP contribution in [0.1, 0.15) is 29.3 Å². The number of carbonyl (C=O) groups is 1. The minimum atomic E-state index is -0.0868. The Labute approximate surface area is 152 Å². The molecule has 1 N–H and O–H groups in total. The minimum Gasteiger partial charge on any atom is -0.349 e. The highest BCUT2D eigenvalue weighted by Gasteiger charge is 2.20. The fourth-order valence-electron chi connectivity index (χ4n) is 2.85. The molecular weight excluding hydrogens is 334 g/mol. The zero-order chi connectivity index (χ0) is 17.6. The first-order chi connectivity index (χ1) is 12.1. The van der Waals surface area contributed by atoms with E-state index in [1.54, 1.807) is 6.20 Å². The number of nitrogens with zero attached hydrogens (tertiary/aromatic N) is 2. The number of benzene rings is 2. The van der Waals surface area contributed by atoms with E-state index in [1.807, 2.05) is 72.4 Å². The fourth-order valence-corrected chi connectivity index (χ4v) is 3.12. The van der Waals surface area contributed by atoms with Gasteiger partial charge in [0.05, 0.1) is 6.54 Å². The second kappa shape index (κ2) is 7.99. The Morgan fingerprint density at radius 3 is 2.56 bits per heavy atom. The summed E-state index contributed by atoms with van der Waals surface area (Å²) in [5.41, 5.74) is 2.03. The fraction of sp³-hybridized carbons (Fsp3) is 0.200. The summed E-state index contributed by atoms with van der Waals surface area (Å²) >= 11 is 6.39. The number of aromatic nitrogens is 2. The maximum absolute atomic E-state index is 12.5. The Bertz CT molecular complexity index is 845. The lowest BCUT2D eigenvalue weighted by Gasteiger charge is -2.19. The molecular formula is C20H20ClN3O. The molecule has 25 heavy (non-hydrogen) atoms. The van der Waals surface area contributed by atoms with E-state index in [-0.39, 0.29) is 11.8 Å². The van der Waals surface area contributed by atoms with Crippen LogP contribution in [-0.2, 0) is 18.4 Å². The van der Waals surface area contributed by atoms with Gasteiger partial charge in [0.1, 0.15) is 5.82 Å². The van der Waals surface area contributed by atoms with Crippen LogP contribution in [0, 0.1) is 0 Å². The molecule has 0 aliphatic heterocycles. The topological polar surface area (TPSA) is 46.9 Å². The zero-order valence-corrected chi connectivity index (χ0v) is 14.8. The molecule has 0 aliphatic rings. The molecule has 0 aliphatic carbocycles.